The molecular weight excluding hydrogens is 282 g/mol. The largest absolute Gasteiger partial charge is 0.353 e. The molecule has 0 heterocycles. The third-order valence-corrected chi connectivity index (χ3v) is 4.85. The fourth-order valence-electron chi connectivity index (χ4n) is 3.17. The van der Waals surface area contributed by atoms with E-state index in [0.29, 0.717) is 22.9 Å². The van der Waals surface area contributed by atoms with Gasteiger partial charge in [0.25, 0.3) is 0 Å². The highest BCUT2D eigenvalue weighted by atomic mass is 35.5. The van der Waals surface area contributed by atoms with E-state index in [0.717, 1.165) is 24.3 Å². The molecule has 1 aliphatic carbocycles. The second-order valence-electron chi connectivity index (χ2n) is 7.29. The molecule has 1 aromatic rings. The van der Waals surface area contributed by atoms with Gasteiger partial charge >= 0.3 is 0 Å². The van der Waals surface area contributed by atoms with Crippen LogP contribution in [0.15, 0.2) is 24.3 Å². The van der Waals surface area contributed by atoms with E-state index in [1.807, 2.05) is 24.3 Å². The van der Waals surface area contributed by atoms with Crippen molar-refractivity contribution < 1.29 is 4.79 Å². The van der Waals surface area contributed by atoms with Crippen LogP contribution in [0.25, 0.3) is 0 Å². The van der Waals surface area contributed by atoms with E-state index in [2.05, 4.69) is 26.1 Å². The van der Waals surface area contributed by atoms with Crippen LogP contribution in [0.1, 0.15) is 52.0 Å². The van der Waals surface area contributed by atoms with Gasteiger partial charge in [0.1, 0.15) is 0 Å². The number of halogens is 1. The Hall–Kier alpha value is -1.02. The number of carbonyl (C=O) groups excluding carboxylic acids is 1. The zero-order chi connectivity index (χ0) is 15.5. The number of amides is 1. The van der Waals surface area contributed by atoms with Crippen molar-refractivity contribution in [1.29, 1.82) is 0 Å². The predicted octanol–water partition coefficient (Wildman–Crippen LogP) is 4.60. The lowest BCUT2D eigenvalue weighted by atomic mass is 9.71. The molecule has 1 aliphatic rings. The number of benzene rings is 1. The van der Waals surface area contributed by atoms with Crippen molar-refractivity contribution in [2.75, 3.05) is 0 Å². The highest BCUT2D eigenvalue weighted by Crippen LogP contribution is 2.37. The zero-order valence-electron chi connectivity index (χ0n) is 13.3. The fourth-order valence-corrected chi connectivity index (χ4v) is 3.30. The summed E-state index contributed by atoms with van der Waals surface area (Å²) in [6.45, 7) is 6.95. The van der Waals surface area contributed by atoms with E-state index in [1.165, 1.54) is 12.8 Å². The van der Waals surface area contributed by atoms with Crippen LogP contribution in [-0.4, -0.2) is 11.9 Å². The molecule has 0 bridgehead atoms. The first-order valence-corrected chi connectivity index (χ1v) is 8.26. The second-order valence-corrected chi connectivity index (χ2v) is 7.72. The lowest BCUT2D eigenvalue weighted by Crippen LogP contribution is -2.40. The Morgan fingerprint density at radius 1 is 1.14 bits per heavy atom. The maximum Gasteiger partial charge on any atom is 0.224 e. The first-order chi connectivity index (χ1) is 9.84. The summed E-state index contributed by atoms with van der Waals surface area (Å²) in [6.07, 6.45) is 5.09. The van der Waals surface area contributed by atoms with Crippen LogP contribution < -0.4 is 5.32 Å². The summed E-state index contributed by atoms with van der Waals surface area (Å²) >= 11 is 5.85. The smallest absolute Gasteiger partial charge is 0.224 e. The van der Waals surface area contributed by atoms with Gasteiger partial charge < -0.3 is 5.32 Å². The van der Waals surface area contributed by atoms with Gasteiger partial charge in [-0.05, 0) is 54.7 Å². The van der Waals surface area contributed by atoms with Crippen molar-refractivity contribution in [3.8, 4) is 0 Å². The van der Waals surface area contributed by atoms with Gasteiger partial charge in [0.15, 0.2) is 0 Å². The van der Waals surface area contributed by atoms with E-state index >= 15 is 0 Å². The van der Waals surface area contributed by atoms with Crippen LogP contribution >= 0.6 is 11.6 Å². The summed E-state index contributed by atoms with van der Waals surface area (Å²) in [5.74, 6) is 0.901. The molecule has 2 rings (SSSR count). The van der Waals surface area contributed by atoms with Crippen LogP contribution in [0.5, 0.6) is 0 Å². The molecule has 0 aliphatic heterocycles. The molecule has 1 N–H and O–H groups in total. The normalized spacial score (nSPS) is 22.9. The summed E-state index contributed by atoms with van der Waals surface area (Å²) in [5.41, 5.74) is 1.40. The van der Waals surface area contributed by atoms with Crippen molar-refractivity contribution in [2.24, 2.45) is 11.3 Å². The van der Waals surface area contributed by atoms with Gasteiger partial charge in [-0.3, -0.25) is 4.79 Å². The van der Waals surface area contributed by atoms with Crippen LogP contribution in [-0.2, 0) is 11.2 Å². The van der Waals surface area contributed by atoms with Crippen LogP contribution in [0, 0.1) is 11.3 Å². The minimum absolute atomic E-state index is 0.122. The lowest BCUT2D eigenvalue weighted by Gasteiger charge is -2.37. The first kappa shape index (κ1) is 16.4. The SMILES string of the molecule is CC(C)(C)C1CCC(NC(=O)Cc2ccc(Cl)cc2)CC1. The quantitative estimate of drug-likeness (QED) is 0.868. The molecule has 0 radical (unpaired) electrons. The summed E-state index contributed by atoms with van der Waals surface area (Å²) in [7, 11) is 0. The minimum atomic E-state index is 0.122. The van der Waals surface area contributed by atoms with Gasteiger partial charge in [-0.2, -0.15) is 0 Å². The maximum absolute atomic E-state index is 12.1. The standard InChI is InChI=1S/C18H26ClNO/c1-18(2,3)14-6-10-16(11-7-14)20-17(21)12-13-4-8-15(19)9-5-13/h4-5,8-9,14,16H,6-7,10-12H2,1-3H3,(H,20,21). The first-order valence-electron chi connectivity index (χ1n) is 7.88. The summed E-state index contributed by atoms with van der Waals surface area (Å²) < 4.78 is 0. The molecule has 0 saturated heterocycles. The lowest BCUT2D eigenvalue weighted by molar-refractivity contribution is -0.121. The molecule has 0 spiro atoms. The molecule has 2 nitrogen and oxygen atoms in total. The molecule has 0 unspecified atom stereocenters. The van der Waals surface area contributed by atoms with E-state index in [9.17, 15) is 4.79 Å². The zero-order valence-corrected chi connectivity index (χ0v) is 14.0. The minimum Gasteiger partial charge on any atom is -0.353 e. The van der Waals surface area contributed by atoms with E-state index in [-0.39, 0.29) is 5.91 Å². The van der Waals surface area contributed by atoms with Crippen molar-refractivity contribution in [1.82, 2.24) is 5.32 Å². The van der Waals surface area contributed by atoms with E-state index in [4.69, 9.17) is 11.6 Å². The summed E-state index contributed by atoms with van der Waals surface area (Å²) in [5, 5.41) is 3.89. The molecule has 1 saturated carbocycles. The Bertz CT molecular complexity index is 467. The predicted molar refractivity (Wildman–Crippen MR) is 88.5 cm³/mol. The molecule has 1 fully saturated rings. The van der Waals surface area contributed by atoms with Crippen molar-refractivity contribution >= 4 is 17.5 Å². The number of nitrogens with one attached hydrogen (secondary N) is 1. The highest BCUT2D eigenvalue weighted by molar-refractivity contribution is 6.30. The van der Waals surface area contributed by atoms with Crippen LogP contribution in [0.2, 0.25) is 5.02 Å². The van der Waals surface area contributed by atoms with Gasteiger partial charge in [0.2, 0.25) is 5.91 Å². The molecular formula is C18H26ClNO. The molecule has 1 aromatic carbocycles. The number of hydrogen-bond donors (Lipinski definition) is 1. The van der Waals surface area contributed by atoms with Gasteiger partial charge in [0, 0.05) is 11.1 Å². The van der Waals surface area contributed by atoms with Crippen molar-refractivity contribution in [2.45, 2.75) is 58.9 Å². The Labute approximate surface area is 133 Å². The average Bonchev–Trinajstić information content (AvgIpc) is 2.41. The molecule has 1 amide bonds. The van der Waals surface area contributed by atoms with Gasteiger partial charge in [-0.15, -0.1) is 0 Å². The third-order valence-electron chi connectivity index (χ3n) is 4.59. The molecule has 0 atom stereocenters. The summed E-state index contributed by atoms with van der Waals surface area (Å²) in [4.78, 5) is 12.1. The monoisotopic (exact) mass is 307 g/mol. The molecule has 0 aromatic heterocycles. The topological polar surface area (TPSA) is 29.1 Å². The van der Waals surface area contributed by atoms with Gasteiger partial charge in [0.05, 0.1) is 6.42 Å². The van der Waals surface area contributed by atoms with Crippen molar-refractivity contribution in [3.05, 3.63) is 34.9 Å². The Kier molecular flexibility index (Phi) is 5.32. The van der Waals surface area contributed by atoms with Crippen molar-refractivity contribution in [3.63, 3.8) is 0 Å². The maximum atomic E-state index is 12.1. The number of carbonyl (C=O) groups is 1. The van der Waals surface area contributed by atoms with Crippen LogP contribution in [0.3, 0.4) is 0 Å². The van der Waals surface area contributed by atoms with E-state index in [1.54, 1.807) is 0 Å². The average molecular weight is 308 g/mol. The summed E-state index contributed by atoms with van der Waals surface area (Å²) in [6, 6.07) is 7.84. The number of rotatable bonds is 3. The second kappa shape index (κ2) is 6.83. The third kappa shape index (κ3) is 5.03. The van der Waals surface area contributed by atoms with Crippen LogP contribution in [0.4, 0.5) is 0 Å². The molecule has 21 heavy (non-hydrogen) atoms. The van der Waals surface area contributed by atoms with E-state index < -0.39 is 0 Å². The van der Waals surface area contributed by atoms with Gasteiger partial charge in [-0.1, -0.05) is 44.5 Å². The highest BCUT2D eigenvalue weighted by Gasteiger charge is 2.30. The van der Waals surface area contributed by atoms with Gasteiger partial charge in [-0.25, -0.2) is 0 Å². The number of hydrogen-bond acceptors (Lipinski definition) is 1. The molecule has 116 valence electrons. The Balaban J connectivity index is 1.78. The Morgan fingerprint density at radius 2 is 1.71 bits per heavy atom. The molecule has 3 heteroatoms. The Morgan fingerprint density at radius 3 is 2.24 bits per heavy atom. The fraction of sp³-hybridized carbons (Fsp3) is 0.611.